The Morgan fingerprint density at radius 1 is 0.300 bits per heavy atom. The van der Waals surface area contributed by atoms with Crippen LogP contribution in [0.5, 0.6) is 0 Å². The Labute approximate surface area is 364 Å². The zero-order valence-corrected chi connectivity index (χ0v) is 38.8. The smallest absolute Gasteiger partial charge is 0.417 e. The van der Waals surface area contributed by atoms with Crippen LogP contribution in [-0.2, 0) is 57.2 Å². The third-order valence-electron chi connectivity index (χ3n) is 10.9. The second-order valence-corrected chi connectivity index (χ2v) is 16.3. The second-order valence-electron chi connectivity index (χ2n) is 16.3. The highest BCUT2D eigenvalue weighted by Crippen LogP contribution is 2.24. The van der Waals surface area contributed by atoms with Crippen molar-refractivity contribution < 1.29 is 57.2 Å². The first-order valence-corrected chi connectivity index (χ1v) is 24.0. The van der Waals surface area contributed by atoms with Crippen molar-refractivity contribution in [2.24, 2.45) is 0 Å². The third kappa shape index (κ3) is 31.7. The number of unbranched alkanes of at least 4 members (excludes halogenated alkanes) is 18. The first-order valence-electron chi connectivity index (χ1n) is 24.0. The van der Waals surface area contributed by atoms with E-state index in [2.05, 4.69) is 13.8 Å². The lowest BCUT2D eigenvalue weighted by Gasteiger charge is -2.29. The first-order chi connectivity index (χ1) is 29.1. The van der Waals surface area contributed by atoms with Crippen molar-refractivity contribution in [2.75, 3.05) is 14.2 Å². The van der Waals surface area contributed by atoms with E-state index in [9.17, 15) is 28.8 Å². The van der Waals surface area contributed by atoms with Gasteiger partial charge in [0, 0.05) is 25.7 Å². The predicted octanol–water partition coefficient (Wildman–Crippen LogP) is 11.5. The van der Waals surface area contributed by atoms with E-state index >= 15 is 0 Å². The number of hydrogen-bond donors (Lipinski definition) is 0. The Bertz CT molecular complexity index is 1120. The molecule has 0 fully saturated rings. The molecule has 0 heterocycles. The van der Waals surface area contributed by atoms with Crippen LogP contribution in [0.3, 0.4) is 0 Å². The van der Waals surface area contributed by atoms with Gasteiger partial charge in [0.05, 0.1) is 14.2 Å². The first kappa shape index (κ1) is 56.8. The van der Waals surface area contributed by atoms with E-state index < -0.39 is 36.4 Å². The van der Waals surface area contributed by atoms with E-state index in [0.29, 0.717) is 64.2 Å². The molecule has 0 aromatic heterocycles. The molecule has 0 aromatic carbocycles. The van der Waals surface area contributed by atoms with E-state index in [1.165, 1.54) is 14.2 Å². The Morgan fingerprint density at radius 3 is 0.850 bits per heavy atom. The fourth-order valence-electron chi connectivity index (χ4n) is 7.26. The summed E-state index contributed by atoms with van der Waals surface area (Å²) in [5.74, 6) is -3.48. The van der Waals surface area contributed by atoms with Crippen LogP contribution in [0.25, 0.3) is 0 Å². The SMILES string of the molecule is CCCCCCCCC(OC(=O)CCC)C(CCCCCCCC(=O)OC)OC(=O)C(=O)OC(CCCCCCCC)C(CCCCCCCC(=O)OC)OC(=O)CCC. The van der Waals surface area contributed by atoms with Crippen LogP contribution in [0.2, 0.25) is 0 Å². The Balaban J connectivity index is 6.15. The molecule has 12 heteroatoms. The molecular weight excluding hydrogens is 769 g/mol. The molecule has 60 heavy (non-hydrogen) atoms. The molecule has 0 saturated heterocycles. The Morgan fingerprint density at radius 2 is 0.567 bits per heavy atom. The summed E-state index contributed by atoms with van der Waals surface area (Å²) in [6.07, 6.45) is 21.4. The van der Waals surface area contributed by atoms with Gasteiger partial charge < -0.3 is 28.4 Å². The number of carbonyl (C=O) groups is 6. The van der Waals surface area contributed by atoms with Crippen molar-refractivity contribution in [3.8, 4) is 0 Å². The molecule has 0 rings (SSSR count). The molecule has 0 amide bonds. The average molecular weight is 855 g/mol. The molecule has 0 radical (unpaired) electrons. The van der Waals surface area contributed by atoms with Crippen molar-refractivity contribution in [1.82, 2.24) is 0 Å². The zero-order chi connectivity index (χ0) is 44.6. The lowest BCUT2D eigenvalue weighted by molar-refractivity contribution is -0.187. The van der Waals surface area contributed by atoms with Crippen molar-refractivity contribution >= 4 is 35.8 Å². The molecule has 0 N–H and O–H groups in total. The van der Waals surface area contributed by atoms with Gasteiger partial charge in [-0.05, 0) is 77.0 Å². The van der Waals surface area contributed by atoms with E-state index in [4.69, 9.17) is 28.4 Å². The van der Waals surface area contributed by atoms with Crippen LogP contribution < -0.4 is 0 Å². The molecule has 4 atom stereocenters. The van der Waals surface area contributed by atoms with E-state index in [-0.39, 0.29) is 36.7 Å². The van der Waals surface area contributed by atoms with Crippen LogP contribution in [-0.4, -0.2) is 74.5 Å². The maximum atomic E-state index is 13.7. The summed E-state index contributed by atoms with van der Waals surface area (Å²) in [4.78, 5) is 76.2. The maximum absolute atomic E-state index is 13.7. The summed E-state index contributed by atoms with van der Waals surface area (Å²) in [6.45, 7) is 8.13. The van der Waals surface area contributed by atoms with Crippen LogP contribution in [0.4, 0.5) is 0 Å². The molecule has 0 aliphatic carbocycles. The minimum atomic E-state index is -1.14. The fraction of sp³-hybridized carbons (Fsp3) is 0.875. The minimum absolute atomic E-state index is 0.225. The maximum Gasteiger partial charge on any atom is 0.417 e. The van der Waals surface area contributed by atoms with Crippen LogP contribution in [0.15, 0.2) is 0 Å². The molecule has 0 saturated carbocycles. The predicted molar refractivity (Wildman–Crippen MR) is 234 cm³/mol. The summed E-state index contributed by atoms with van der Waals surface area (Å²) in [5.41, 5.74) is 0. The topological polar surface area (TPSA) is 158 Å². The zero-order valence-electron chi connectivity index (χ0n) is 38.8. The normalized spacial score (nSPS) is 13.1. The standard InChI is InChI=1S/C48H86O12/c1-7-11-13-15-19-25-33-39(57-45(51)31-9-3)42(36-28-22-18-24-30-38-44(50)56-6)60-48(54)47(53)59-41(35-27-20-16-14-12-8-2)40(58-46(52)32-10-4)34-26-21-17-23-29-37-43(49)55-5/h39-42H,7-38H2,1-6H3. The van der Waals surface area contributed by atoms with Gasteiger partial charge in [0.25, 0.3) is 0 Å². The average Bonchev–Trinajstić information content (AvgIpc) is 3.23. The Kier molecular flexibility index (Phi) is 37.8. The van der Waals surface area contributed by atoms with E-state index in [0.717, 1.165) is 128 Å². The van der Waals surface area contributed by atoms with Gasteiger partial charge in [0.1, 0.15) is 24.4 Å². The van der Waals surface area contributed by atoms with Gasteiger partial charge in [0.15, 0.2) is 0 Å². The monoisotopic (exact) mass is 855 g/mol. The van der Waals surface area contributed by atoms with Gasteiger partial charge in [-0.3, -0.25) is 19.2 Å². The van der Waals surface area contributed by atoms with Crippen molar-refractivity contribution in [3.05, 3.63) is 0 Å². The molecule has 0 spiro atoms. The quantitative estimate of drug-likeness (QED) is 0.0249. The molecule has 0 aliphatic rings. The second kappa shape index (κ2) is 39.9. The number of esters is 6. The Hall–Kier alpha value is -3.18. The summed E-state index contributed by atoms with van der Waals surface area (Å²) < 4.78 is 33.3. The lowest BCUT2D eigenvalue weighted by Crippen LogP contribution is -2.40. The van der Waals surface area contributed by atoms with E-state index in [1.54, 1.807) is 0 Å². The van der Waals surface area contributed by atoms with Gasteiger partial charge in [0.2, 0.25) is 0 Å². The van der Waals surface area contributed by atoms with Crippen molar-refractivity contribution in [2.45, 2.75) is 258 Å². The van der Waals surface area contributed by atoms with Gasteiger partial charge in [-0.2, -0.15) is 0 Å². The molecular formula is C48H86O12. The van der Waals surface area contributed by atoms with Crippen molar-refractivity contribution in [3.63, 3.8) is 0 Å². The van der Waals surface area contributed by atoms with Crippen LogP contribution >= 0.6 is 0 Å². The number of hydrogen-bond acceptors (Lipinski definition) is 12. The summed E-state index contributed by atoms with van der Waals surface area (Å²) in [7, 11) is 2.77. The molecule has 0 bridgehead atoms. The van der Waals surface area contributed by atoms with Gasteiger partial charge in [-0.25, -0.2) is 9.59 Å². The summed E-state index contributed by atoms with van der Waals surface area (Å²) >= 11 is 0. The molecule has 350 valence electrons. The number of methoxy groups -OCH3 is 2. The summed E-state index contributed by atoms with van der Waals surface area (Å²) in [5, 5.41) is 0. The van der Waals surface area contributed by atoms with Gasteiger partial charge >= 0.3 is 35.8 Å². The van der Waals surface area contributed by atoms with Crippen molar-refractivity contribution in [1.29, 1.82) is 0 Å². The highest BCUT2D eigenvalue weighted by molar-refractivity contribution is 6.29. The fourth-order valence-corrected chi connectivity index (χ4v) is 7.26. The summed E-state index contributed by atoms with van der Waals surface area (Å²) in [6, 6.07) is 0. The molecule has 0 aliphatic heterocycles. The molecule has 4 unspecified atom stereocenters. The van der Waals surface area contributed by atoms with E-state index in [1.807, 2.05) is 13.8 Å². The molecule has 12 nitrogen and oxygen atoms in total. The largest absolute Gasteiger partial charge is 0.469 e. The third-order valence-corrected chi connectivity index (χ3v) is 10.9. The minimum Gasteiger partial charge on any atom is -0.469 e. The van der Waals surface area contributed by atoms with Crippen LogP contribution in [0, 0.1) is 0 Å². The molecule has 0 aromatic rings. The number of rotatable bonds is 40. The van der Waals surface area contributed by atoms with Gasteiger partial charge in [-0.1, -0.05) is 130 Å². The highest BCUT2D eigenvalue weighted by atomic mass is 16.6. The lowest BCUT2D eigenvalue weighted by atomic mass is 9.98. The number of carbonyl (C=O) groups excluding carboxylic acids is 6. The van der Waals surface area contributed by atoms with Crippen LogP contribution in [0.1, 0.15) is 233 Å². The number of ether oxygens (including phenoxy) is 6. The highest BCUT2D eigenvalue weighted by Gasteiger charge is 2.35. The van der Waals surface area contributed by atoms with Gasteiger partial charge in [-0.15, -0.1) is 0 Å².